The van der Waals surface area contributed by atoms with E-state index < -0.39 is 6.10 Å². The van der Waals surface area contributed by atoms with Gasteiger partial charge in [0.15, 0.2) is 0 Å². The molecule has 0 aliphatic heterocycles. The monoisotopic (exact) mass is 307 g/mol. The van der Waals surface area contributed by atoms with E-state index >= 15 is 0 Å². The van der Waals surface area contributed by atoms with Crippen LogP contribution in [0.4, 0.5) is 4.79 Å². The number of rotatable bonds is 7. The number of hydrogen-bond donors (Lipinski definition) is 3. The average Bonchev–Trinajstić information content (AvgIpc) is 2.50. The lowest BCUT2D eigenvalue weighted by Crippen LogP contribution is -2.51. The molecule has 1 rings (SSSR count). The zero-order chi connectivity index (χ0) is 16.8. The van der Waals surface area contributed by atoms with E-state index in [4.69, 9.17) is 0 Å². The van der Waals surface area contributed by atoms with Gasteiger partial charge in [-0.3, -0.25) is 4.90 Å². The number of hydrogen-bond acceptors (Lipinski definition) is 3. The number of carbonyl (C=O) groups is 1. The van der Waals surface area contributed by atoms with E-state index in [1.54, 1.807) is 0 Å². The van der Waals surface area contributed by atoms with Gasteiger partial charge in [-0.25, -0.2) is 4.79 Å². The van der Waals surface area contributed by atoms with Crippen LogP contribution in [-0.2, 0) is 0 Å². The summed E-state index contributed by atoms with van der Waals surface area (Å²) >= 11 is 0. The van der Waals surface area contributed by atoms with Crippen LogP contribution in [-0.4, -0.2) is 48.3 Å². The minimum atomic E-state index is -0.696. The van der Waals surface area contributed by atoms with Crippen molar-refractivity contribution in [2.24, 2.45) is 0 Å². The van der Waals surface area contributed by atoms with Gasteiger partial charge in [0.05, 0.1) is 6.10 Å². The molecule has 0 aliphatic rings. The van der Waals surface area contributed by atoms with Crippen LogP contribution >= 0.6 is 0 Å². The summed E-state index contributed by atoms with van der Waals surface area (Å²) in [6, 6.07) is 7.37. The van der Waals surface area contributed by atoms with E-state index in [9.17, 15) is 9.90 Å². The second-order valence-electron chi connectivity index (χ2n) is 6.26. The molecule has 5 heteroatoms. The molecule has 124 valence electrons. The summed E-state index contributed by atoms with van der Waals surface area (Å²) in [5.41, 5.74) is 1.75. The third-order valence-electron chi connectivity index (χ3n) is 4.19. The van der Waals surface area contributed by atoms with E-state index in [1.165, 1.54) is 0 Å². The number of nitrogens with zero attached hydrogens (tertiary/aromatic N) is 1. The lowest BCUT2D eigenvalue weighted by atomic mass is 10.0. The van der Waals surface area contributed by atoms with Crippen LogP contribution in [0.25, 0.3) is 0 Å². The van der Waals surface area contributed by atoms with Crippen molar-refractivity contribution in [1.29, 1.82) is 0 Å². The van der Waals surface area contributed by atoms with Crippen molar-refractivity contribution in [1.82, 2.24) is 15.5 Å². The van der Waals surface area contributed by atoms with Gasteiger partial charge in [0.1, 0.15) is 0 Å². The molecule has 0 unspecified atom stereocenters. The number of benzene rings is 1. The fourth-order valence-corrected chi connectivity index (χ4v) is 2.18. The number of likely N-dealkylation sites (N-methyl/N-ethyl adjacent to an activating group) is 1. The van der Waals surface area contributed by atoms with Gasteiger partial charge < -0.3 is 15.7 Å². The first-order valence-corrected chi connectivity index (χ1v) is 7.74. The van der Waals surface area contributed by atoms with Gasteiger partial charge in [-0.05, 0) is 45.5 Å². The van der Waals surface area contributed by atoms with E-state index in [0.29, 0.717) is 6.54 Å². The summed E-state index contributed by atoms with van der Waals surface area (Å²) in [7, 11) is 2.03. The van der Waals surface area contributed by atoms with Crippen molar-refractivity contribution in [3.8, 4) is 0 Å². The number of amides is 2. The van der Waals surface area contributed by atoms with E-state index in [2.05, 4.69) is 36.3 Å². The van der Waals surface area contributed by atoms with Crippen molar-refractivity contribution in [3.63, 3.8) is 0 Å². The summed E-state index contributed by atoms with van der Waals surface area (Å²) < 4.78 is 0. The van der Waals surface area contributed by atoms with Crippen molar-refractivity contribution >= 4 is 6.03 Å². The first-order chi connectivity index (χ1) is 10.3. The molecular formula is C17H29N3O2. The normalized spacial score (nSPS) is 13.0. The highest BCUT2D eigenvalue weighted by Crippen LogP contribution is 2.16. The number of aliphatic hydroxyl groups excluding tert-OH is 1. The standard InChI is InChI=1S/C17H29N3O2/c1-6-20(5)17(3,4)12-19-16(22)18-11-15(21)14-10-8-7-9-13(14)2/h7-10,15,21H,6,11-12H2,1-5H3,(H2,18,19,22)/t15-/m0/s1. The molecule has 1 aromatic rings. The van der Waals surface area contributed by atoms with Crippen LogP contribution < -0.4 is 10.6 Å². The number of nitrogens with one attached hydrogen (secondary N) is 2. The molecule has 0 bridgehead atoms. The topological polar surface area (TPSA) is 64.6 Å². The molecule has 1 aromatic carbocycles. The Morgan fingerprint density at radius 3 is 2.55 bits per heavy atom. The van der Waals surface area contributed by atoms with Crippen LogP contribution in [0, 0.1) is 6.92 Å². The van der Waals surface area contributed by atoms with Gasteiger partial charge in [0.25, 0.3) is 0 Å². The third kappa shape index (κ3) is 5.31. The first kappa shape index (κ1) is 18.5. The largest absolute Gasteiger partial charge is 0.387 e. The predicted molar refractivity (Wildman–Crippen MR) is 89.9 cm³/mol. The molecule has 0 heterocycles. The van der Waals surface area contributed by atoms with E-state index in [-0.39, 0.29) is 18.1 Å². The Morgan fingerprint density at radius 1 is 1.32 bits per heavy atom. The summed E-state index contributed by atoms with van der Waals surface area (Å²) in [5, 5.41) is 15.7. The first-order valence-electron chi connectivity index (χ1n) is 7.74. The average molecular weight is 307 g/mol. The van der Waals surface area contributed by atoms with Gasteiger partial charge in [-0.15, -0.1) is 0 Å². The van der Waals surface area contributed by atoms with Crippen molar-refractivity contribution in [2.45, 2.75) is 39.3 Å². The minimum absolute atomic E-state index is 0.110. The van der Waals surface area contributed by atoms with Gasteiger partial charge in [-0.2, -0.15) is 0 Å². The molecule has 2 amide bonds. The van der Waals surface area contributed by atoms with Crippen LogP contribution in [0.2, 0.25) is 0 Å². The smallest absolute Gasteiger partial charge is 0.314 e. The number of carbonyl (C=O) groups excluding carboxylic acids is 1. The van der Waals surface area contributed by atoms with Crippen molar-refractivity contribution in [2.75, 3.05) is 26.7 Å². The lowest BCUT2D eigenvalue weighted by molar-refractivity contribution is 0.156. The molecule has 1 atom stereocenters. The highest BCUT2D eigenvalue weighted by atomic mass is 16.3. The van der Waals surface area contributed by atoms with Crippen molar-refractivity contribution in [3.05, 3.63) is 35.4 Å². The number of aliphatic hydroxyl groups is 1. The molecular weight excluding hydrogens is 278 g/mol. The van der Waals surface area contributed by atoms with E-state index in [1.807, 2.05) is 38.2 Å². The highest BCUT2D eigenvalue weighted by Gasteiger charge is 2.22. The number of aryl methyl sites for hydroxylation is 1. The molecule has 0 aliphatic carbocycles. The zero-order valence-electron chi connectivity index (χ0n) is 14.3. The second-order valence-corrected chi connectivity index (χ2v) is 6.26. The summed E-state index contributed by atoms with van der Waals surface area (Å²) in [5.74, 6) is 0. The summed E-state index contributed by atoms with van der Waals surface area (Å²) in [4.78, 5) is 14.0. The minimum Gasteiger partial charge on any atom is -0.387 e. The van der Waals surface area contributed by atoms with Gasteiger partial charge in [0, 0.05) is 18.6 Å². The van der Waals surface area contributed by atoms with Crippen LogP contribution in [0.3, 0.4) is 0 Å². The zero-order valence-corrected chi connectivity index (χ0v) is 14.3. The van der Waals surface area contributed by atoms with Gasteiger partial charge in [-0.1, -0.05) is 31.2 Å². The molecule has 0 saturated carbocycles. The molecule has 0 fully saturated rings. The highest BCUT2D eigenvalue weighted by molar-refractivity contribution is 5.73. The fourth-order valence-electron chi connectivity index (χ4n) is 2.18. The maximum atomic E-state index is 11.9. The Hall–Kier alpha value is -1.59. The van der Waals surface area contributed by atoms with Crippen LogP contribution in [0.5, 0.6) is 0 Å². The maximum Gasteiger partial charge on any atom is 0.314 e. The maximum absolute atomic E-state index is 11.9. The second kappa shape index (κ2) is 8.15. The molecule has 3 N–H and O–H groups in total. The third-order valence-corrected chi connectivity index (χ3v) is 4.19. The molecule has 0 saturated heterocycles. The fraction of sp³-hybridized carbons (Fsp3) is 0.588. The van der Waals surface area contributed by atoms with Crippen LogP contribution in [0.1, 0.15) is 38.0 Å². The molecule has 0 spiro atoms. The SMILES string of the molecule is CCN(C)C(C)(C)CNC(=O)NC[C@H](O)c1ccccc1C. The Morgan fingerprint density at radius 2 is 1.95 bits per heavy atom. The molecule has 5 nitrogen and oxygen atoms in total. The van der Waals surface area contributed by atoms with Crippen molar-refractivity contribution < 1.29 is 9.90 Å². The lowest BCUT2D eigenvalue weighted by Gasteiger charge is -2.35. The Kier molecular flexibility index (Phi) is 6.84. The quantitative estimate of drug-likeness (QED) is 0.722. The van der Waals surface area contributed by atoms with Crippen LogP contribution in [0.15, 0.2) is 24.3 Å². The molecule has 0 radical (unpaired) electrons. The Balaban J connectivity index is 2.42. The Labute approximate surface area is 133 Å². The molecule has 0 aromatic heterocycles. The number of urea groups is 1. The summed E-state index contributed by atoms with van der Waals surface area (Å²) in [6.07, 6.45) is -0.696. The van der Waals surface area contributed by atoms with Gasteiger partial charge in [0.2, 0.25) is 0 Å². The van der Waals surface area contributed by atoms with E-state index in [0.717, 1.165) is 17.7 Å². The predicted octanol–water partition coefficient (Wildman–Crippen LogP) is 2.06. The summed E-state index contributed by atoms with van der Waals surface area (Å²) in [6.45, 7) is 9.85. The van der Waals surface area contributed by atoms with Gasteiger partial charge >= 0.3 is 6.03 Å². The molecule has 22 heavy (non-hydrogen) atoms. The Bertz CT molecular complexity index is 489.